The minimum atomic E-state index is -0.393. The summed E-state index contributed by atoms with van der Waals surface area (Å²) in [6.45, 7) is 9.58. The van der Waals surface area contributed by atoms with Crippen LogP contribution in [0.3, 0.4) is 0 Å². The maximum Gasteiger partial charge on any atom is 0.239 e. The maximum absolute atomic E-state index is 12.3. The van der Waals surface area contributed by atoms with Gasteiger partial charge < -0.3 is 15.4 Å². The number of ether oxygens (including phenoxy) is 1. The van der Waals surface area contributed by atoms with Gasteiger partial charge in [0.1, 0.15) is 11.9 Å². The Morgan fingerprint density at radius 1 is 1.23 bits per heavy atom. The number of aryl methyl sites for hydroxylation is 2. The van der Waals surface area contributed by atoms with Gasteiger partial charge in [-0.1, -0.05) is 32.0 Å². The highest BCUT2D eigenvalue weighted by atomic mass is 16.5. The Morgan fingerprint density at radius 3 is 2.27 bits per heavy atom. The molecule has 22 heavy (non-hydrogen) atoms. The SMILES string of the molecule is Cc1cccc(C)c1OC1CCN(C(=O)[C@@H](N)C(C)C)CC1. The van der Waals surface area contributed by atoms with E-state index in [1.54, 1.807) is 0 Å². The molecule has 0 aliphatic carbocycles. The van der Waals surface area contributed by atoms with E-state index in [9.17, 15) is 4.79 Å². The van der Waals surface area contributed by atoms with Gasteiger partial charge in [0.25, 0.3) is 0 Å². The van der Waals surface area contributed by atoms with Gasteiger partial charge in [-0.15, -0.1) is 0 Å². The minimum Gasteiger partial charge on any atom is -0.490 e. The Balaban J connectivity index is 1.91. The zero-order valence-corrected chi connectivity index (χ0v) is 14.1. The first-order valence-electron chi connectivity index (χ1n) is 8.17. The number of amides is 1. The second-order valence-electron chi connectivity index (χ2n) is 6.63. The van der Waals surface area contributed by atoms with Crippen molar-refractivity contribution in [2.45, 2.75) is 52.7 Å². The van der Waals surface area contributed by atoms with Crippen molar-refractivity contribution >= 4 is 5.91 Å². The van der Waals surface area contributed by atoms with Crippen LogP contribution in [-0.2, 0) is 4.79 Å². The lowest BCUT2D eigenvalue weighted by Crippen LogP contribution is -2.50. The second kappa shape index (κ2) is 7.14. The Bertz CT molecular complexity index is 500. The van der Waals surface area contributed by atoms with Gasteiger partial charge >= 0.3 is 0 Å². The number of hydrogen-bond donors (Lipinski definition) is 1. The number of carbonyl (C=O) groups is 1. The van der Waals surface area contributed by atoms with Crippen LogP contribution in [0, 0.1) is 19.8 Å². The molecular weight excluding hydrogens is 276 g/mol. The summed E-state index contributed by atoms with van der Waals surface area (Å²) in [5.74, 6) is 1.24. The van der Waals surface area contributed by atoms with Gasteiger partial charge in [-0.3, -0.25) is 4.79 Å². The molecule has 1 atom stereocenters. The van der Waals surface area contributed by atoms with E-state index in [1.807, 2.05) is 24.8 Å². The van der Waals surface area contributed by atoms with Crippen LogP contribution >= 0.6 is 0 Å². The first kappa shape index (κ1) is 16.8. The Morgan fingerprint density at radius 2 is 1.77 bits per heavy atom. The molecule has 4 heteroatoms. The molecule has 1 aromatic rings. The van der Waals surface area contributed by atoms with Gasteiger partial charge in [0, 0.05) is 25.9 Å². The number of piperidine rings is 1. The maximum atomic E-state index is 12.3. The van der Waals surface area contributed by atoms with Crippen LogP contribution in [0.4, 0.5) is 0 Å². The lowest BCUT2D eigenvalue weighted by molar-refractivity contribution is -0.135. The average molecular weight is 304 g/mol. The summed E-state index contributed by atoms with van der Waals surface area (Å²) in [6.07, 6.45) is 1.91. The van der Waals surface area contributed by atoms with E-state index >= 15 is 0 Å². The molecule has 0 aromatic heterocycles. The second-order valence-corrected chi connectivity index (χ2v) is 6.63. The van der Waals surface area contributed by atoms with Gasteiger partial charge in [-0.25, -0.2) is 0 Å². The van der Waals surface area contributed by atoms with Crippen molar-refractivity contribution in [1.29, 1.82) is 0 Å². The Kier molecular flexibility index (Phi) is 5.46. The molecule has 1 aliphatic heterocycles. The molecule has 2 N–H and O–H groups in total. The van der Waals surface area contributed by atoms with Gasteiger partial charge in [-0.2, -0.15) is 0 Å². The zero-order valence-electron chi connectivity index (χ0n) is 14.1. The van der Waals surface area contributed by atoms with E-state index in [1.165, 1.54) is 11.1 Å². The summed E-state index contributed by atoms with van der Waals surface area (Å²) >= 11 is 0. The van der Waals surface area contributed by atoms with Crippen molar-refractivity contribution in [1.82, 2.24) is 4.90 Å². The van der Waals surface area contributed by atoms with Crippen molar-refractivity contribution in [2.75, 3.05) is 13.1 Å². The molecule has 0 saturated carbocycles. The van der Waals surface area contributed by atoms with Crippen molar-refractivity contribution < 1.29 is 9.53 Å². The highest BCUT2D eigenvalue weighted by molar-refractivity contribution is 5.82. The Hall–Kier alpha value is -1.55. The summed E-state index contributed by atoms with van der Waals surface area (Å²) in [4.78, 5) is 14.2. The van der Waals surface area contributed by atoms with Gasteiger partial charge in [0.15, 0.2) is 0 Å². The highest BCUT2D eigenvalue weighted by Gasteiger charge is 2.28. The largest absolute Gasteiger partial charge is 0.490 e. The fourth-order valence-corrected chi connectivity index (χ4v) is 2.84. The van der Waals surface area contributed by atoms with Crippen molar-refractivity contribution in [3.63, 3.8) is 0 Å². The normalized spacial score (nSPS) is 17.6. The predicted octanol–water partition coefficient (Wildman–Crippen LogP) is 2.66. The highest BCUT2D eigenvalue weighted by Crippen LogP contribution is 2.26. The first-order chi connectivity index (χ1) is 10.4. The van der Waals surface area contributed by atoms with E-state index < -0.39 is 6.04 Å². The summed E-state index contributed by atoms with van der Waals surface area (Å²) < 4.78 is 6.18. The van der Waals surface area contributed by atoms with E-state index in [2.05, 4.69) is 26.0 Å². The molecule has 0 spiro atoms. The first-order valence-corrected chi connectivity index (χ1v) is 8.17. The van der Waals surface area contributed by atoms with Crippen molar-refractivity contribution in [2.24, 2.45) is 11.7 Å². The summed E-state index contributed by atoms with van der Waals surface area (Å²) in [6, 6.07) is 5.80. The Labute approximate surface area is 133 Å². The monoisotopic (exact) mass is 304 g/mol. The molecule has 2 rings (SSSR count). The van der Waals surface area contributed by atoms with Crippen LogP contribution in [0.15, 0.2) is 18.2 Å². The standard InChI is InChI=1S/C18H28N2O2/c1-12(2)16(19)18(21)20-10-8-15(9-11-20)22-17-13(3)6-5-7-14(17)4/h5-7,12,15-16H,8-11,19H2,1-4H3/t16-/m0/s1. The van der Waals surface area contributed by atoms with E-state index in [4.69, 9.17) is 10.5 Å². The molecule has 1 aromatic carbocycles. The molecule has 0 bridgehead atoms. The number of nitrogens with two attached hydrogens (primary N) is 1. The lowest BCUT2D eigenvalue weighted by Gasteiger charge is -2.34. The van der Waals surface area contributed by atoms with Crippen LogP contribution < -0.4 is 10.5 Å². The summed E-state index contributed by atoms with van der Waals surface area (Å²) in [5, 5.41) is 0. The lowest BCUT2D eigenvalue weighted by atomic mass is 10.0. The molecule has 0 radical (unpaired) electrons. The van der Waals surface area contributed by atoms with Gasteiger partial charge in [0.2, 0.25) is 5.91 Å². The van der Waals surface area contributed by atoms with E-state index in [-0.39, 0.29) is 17.9 Å². The number of nitrogens with zero attached hydrogens (tertiary/aromatic N) is 1. The van der Waals surface area contributed by atoms with Crippen LogP contribution in [-0.4, -0.2) is 36.0 Å². The topological polar surface area (TPSA) is 55.6 Å². The third kappa shape index (κ3) is 3.80. The molecule has 122 valence electrons. The van der Waals surface area contributed by atoms with Gasteiger partial charge in [-0.05, 0) is 30.9 Å². The minimum absolute atomic E-state index is 0.0699. The molecule has 1 amide bonds. The van der Waals surface area contributed by atoms with Crippen LogP contribution in [0.2, 0.25) is 0 Å². The van der Waals surface area contributed by atoms with Crippen LogP contribution in [0.5, 0.6) is 5.75 Å². The molecule has 1 heterocycles. The number of hydrogen-bond acceptors (Lipinski definition) is 3. The zero-order chi connectivity index (χ0) is 16.3. The van der Waals surface area contributed by atoms with Crippen molar-refractivity contribution in [3.8, 4) is 5.75 Å². The number of benzene rings is 1. The van der Waals surface area contributed by atoms with E-state index in [0.29, 0.717) is 0 Å². The fraction of sp³-hybridized carbons (Fsp3) is 0.611. The molecule has 1 saturated heterocycles. The average Bonchev–Trinajstić information content (AvgIpc) is 2.50. The van der Waals surface area contributed by atoms with Crippen LogP contribution in [0.25, 0.3) is 0 Å². The quantitative estimate of drug-likeness (QED) is 0.930. The molecule has 1 aliphatic rings. The smallest absolute Gasteiger partial charge is 0.239 e. The van der Waals surface area contributed by atoms with E-state index in [0.717, 1.165) is 31.7 Å². The number of rotatable bonds is 4. The summed E-state index contributed by atoms with van der Waals surface area (Å²) in [5.41, 5.74) is 8.30. The van der Waals surface area contributed by atoms with Crippen molar-refractivity contribution in [3.05, 3.63) is 29.3 Å². The van der Waals surface area contributed by atoms with Crippen LogP contribution in [0.1, 0.15) is 37.8 Å². The third-order valence-electron chi connectivity index (χ3n) is 4.45. The molecular formula is C18H28N2O2. The molecule has 0 unspecified atom stereocenters. The predicted molar refractivity (Wildman–Crippen MR) is 89.0 cm³/mol. The fourth-order valence-electron chi connectivity index (χ4n) is 2.84. The molecule has 1 fully saturated rings. The third-order valence-corrected chi connectivity index (χ3v) is 4.45. The number of para-hydroxylation sites is 1. The molecule has 4 nitrogen and oxygen atoms in total. The summed E-state index contributed by atoms with van der Waals surface area (Å²) in [7, 11) is 0. The van der Waals surface area contributed by atoms with Gasteiger partial charge in [0.05, 0.1) is 6.04 Å². The number of carbonyl (C=O) groups excluding carboxylic acids is 1. The number of likely N-dealkylation sites (tertiary alicyclic amines) is 1.